The number of carbonyl (C=O) groups is 1. The van der Waals surface area contributed by atoms with E-state index in [0.29, 0.717) is 0 Å². The lowest BCUT2D eigenvalue weighted by molar-refractivity contribution is -0.110. The fourth-order valence-electron chi connectivity index (χ4n) is 1.66. The van der Waals surface area contributed by atoms with E-state index in [-0.39, 0.29) is 6.04 Å². The Morgan fingerprint density at radius 3 is 3.15 bits per heavy atom. The first-order valence-electron chi connectivity index (χ1n) is 4.41. The highest BCUT2D eigenvalue weighted by molar-refractivity contribution is 5.55. The fraction of sp³-hybridized carbons (Fsp3) is 0.300. The Balaban J connectivity index is 2.15. The van der Waals surface area contributed by atoms with Crippen molar-refractivity contribution in [3.8, 4) is 0 Å². The van der Waals surface area contributed by atoms with Crippen molar-refractivity contribution in [2.24, 2.45) is 0 Å². The number of hydrogen-bond acceptors (Lipinski definition) is 2. The smallest absolute Gasteiger partial charge is 0.207 e. The summed E-state index contributed by atoms with van der Waals surface area (Å²) in [4.78, 5) is 10.2. The van der Waals surface area contributed by atoms with Crippen molar-refractivity contribution in [1.82, 2.24) is 5.32 Å². The molecule has 0 fully saturated rings. The van der Waals surface area contributed by atoms with E-state index in [0.717, 1.165) is 19.4 Å². The molecule has 1 atom stereocenters. The van der Waals surface area contributed by atoms with Gasteiger partial charge in [-0.1, -0.05) is 18.2 Å². The maximum Gasteiger partial charge on any atom is 0.207 e. The van der Waals surface area contributed by atoms with Crippen LogP contribution in [0.5, 0.6) is 0 Å². The van der Waals surface area contributed by atoms with Gasteiger partial charge in [0.1, 0.15) is 0 Å². The number of carbonyl (C=O) groups excluding carboxylic acids is 1. The molecule has 1 aromatic rings. The summed E-state index contributed by atoms with van der Waals surface area (Å²) < 4.78 is 0. The van der Waals surface area contributed by atoms with Crippen molar-refractivity contribution in [2.45, 2.75) is 12.5 Å². The second-order valence-corrected chi connectivity index (χ2v) is 3.22. The molecule has 3 nitrogen and oxygen atoms in total. The van der Waals surface area contributed by atoms with E-state index in [9.17, 15) is 4.79 Å². The monoisotopic (exact) mass is 176 g/mol. The van der Waals surface area contributed by atoms with Crippen molar-refractivity contribution in [3.63, 3.8) is 0 Å². The predicted molar refractivity (Wildman–Crippen MR) is 51.6 cm³/mol. The van der Waals surface area contributed by atoms with Crippen LogP contribution >= 0.6 is 0 Å². The lowest BCUT2D eigenvalue weighted by atomic mass is 10.00. The van der Waals surface area contributed by atoms with Crippen molar-refractivity contribution in [1.29, 1.82) is 0 Å². The molecule has 0 unspecified atom stereocenters. The van der Waals surface area contributed by atoms with Gasteiger partial charge in [0.2, 0.25) is 6.41 Å². The molecule has 2 rings (SSSR count). The van der Waals surface area contributed by atoms with Gasteiger partial charge < -0.3 is 10.6 Å². The van der Waals surface area contributed by atoms with Crippen LogP contribution in [0, 0.1) is 0 Å². The fourth-order valence-corrected chi connectivity index (χ4v) is 1.66. The molecule has 3 heteroatoms. The third kappa shape index (κ3) is 1.64. The Hall–Kier alpha value is -1.51. The standard InChI is InChI=1S/C10H12N2O/c13-7-12-9-5-8-3-1-2-4-10(8)11-6-9/h1-4,7,9,11H,5-6H2,(H,12,13)/t9-/m1/s1. The lowest BCUT2D eigenvalue weighted by Crippen LogP contribution is -2.39. The zero-order chi connectivity index (χ0) is 9.10. The number of fused-ring (bicyclic) bond motifs is 1. The van der Waals surface area contributed by atoms with E-state index in [1.54, 1.807) is 0 Å². The van der Waals surface area contributed by atoms with Crippen LogP contribution in [0.4, 0.5) is 5.69 Å². The van der Waals surface area contributed by atoms with Crippen LogP contribution in [0.3, 0.4) is 0 Å². The predicted octanol–water partition coefficient (Wildman–Crippen LogP) is 0.769. The molecule has 0 saturated heterocycles. The molecule has 13 heavy (non-hydrogen) atoms. The Morgan fingerprint density at radius 1 is 1.46 bits per heavy atom. The summed E-state index contributed by atoms with van der Waals surface area (Å²) in [5.74, 6) is 0. The maximum absolute atomic E-state index is 10.2. The largest absolute Gasteiger partial charge is 0.383 e. The number of rotatable bonds is 2. The Morgan fingerprint density at radius 2 is 2.31 bits per heavy atom. The summed E-state index contributed by atoms with van der Waals surface area (Å²) in [6.07, 6.45) is 1.68. The number of amides is 1. The average Bonchev–Trinajstić information content (AvgIpc) is 2.18. The van der Waals surface area contributed by atoms with Gasteiger partial charge in [-0.05, 0) is 18.1 Å². The molecule has 1 heterocycles. The van der Waals surface area contributed by atoms with E-state index < -0.39 is 0 Å². The summed E-state index contributed by atoms with van der Waals surface area (Å²) in [5, 5.41) is 6.06. The average molecular weight is 176 g/mol. The normalized spacial score (nSPS) is 19.8. The summed E-state index contributed by atoms with van der Waals surface area (Å²) in [5.41, 5.74) is 2.46. The molecule has 1 aromatic carbocycles. The summed E-state index contributed by atoms with van der Waals surface area (Å²) >= 11 is 0. The molecule has 0 saturated carbocycles. The Bertz CT molecular complexity index is 312. The lowest BCUT2D eigenvalue weighted by Gasteiger charge is -2.25. The van der Waals surface area contributed by atoms with Crippen LogP contribution in [0.25, 0.3) is 0 Å². The van der Waals surface area contributed by atoms with Crippen LogP contribution in [0.1, 0.15) is 5.56 Å². The third-order valence-corrected chi connectivity index (χ3v) is 2.33. The van der Waals surface area contributed by atoms with Crippen molar-refractivity contribution >= 4 is 12.1 Å². The summed E-state index contributed by atoms with van der Waals surface area (Å²) in [6, 6.07) is 8.41. The molecule has 0 spiro atoms. The van der Waals surface area contributed by atoms with E-state index in [2.05, 4.69) is 22.8 Å². The van der Waals surface area contributed by atoms with Gasteiger partial charge in [0.15, 0.2) is 0 Å². The molecular formula is C10H12N2O. The minimum Gasteiger partial charge on any atom is -0.383 e. The molecule has 1 amide bonds. The second-order valence-electron chi connectivity index (χ2n) is 3.22. The zero-order valence-corrected chi connectivity index (χ0v) is 7.29. The van der Waals surface area contributed by atoms with Gasteiger partial charge >= 0.3 is 0 Å². The second kappa shape index (κ2) is 3.47. The molecule has 0 radical (unpaired) electrons. The zero-order valence-electron chi connectivity index (χ0n) is 7.29. The molecule has 1 aliphatic heterocycles. The highest BCUT2D eigenvalue weighted by Gasteiger charge is 2.15. The molecular weight excluding hydrogens is 164 g/mol. The van der Waals surface area contributed by atoms with Crippen LogP contribution in [-0.4, -0.2) is 19.0 Å². The van der Waals surface area contributed by atoms with Gasteiger partial charge in [-0.3, -0.25) is 4.79 Å². The molecule has 2 N–H and O–H groups in total. The third-order valence-electron chi connectivity index (χ3n) is 2.33. The maximum atomic E-state index is 10.2. The van der Waals surface area contributed by atoms with Crippen molar-refractivity contribution in [2.75, 3.05) is 11.9 Å². The van der Waals surface area contributed by atoms with Crippen LogP contribution in [-0.2, 0) is 11.2 Å². The molecule has 68 valence electrons. The van der Waals surface area contributed by atoms with E-state index in [4.69, 9.17) is 0 Å². The van der Waals surface area contributed by atoms with E-state index in [1.165, 1.54) is 11.3 Å². The SMILES string of the molecule is O=CN[C@H]1CNc2ccccc2C1. The van der Waals surface area contributed by atoms with Gasteiger partial charge in [0.25, 0.3) is 0 Å². The quantitative estimate of drug-likeness (QED) is 0.653. The first-order chi connectivity index (χ1) is 6.40. The molecule has 0 bridgehead atoms. The number of benzene rings is 1. The summed E-state index contributed by atoms with van der Waals surface area (Å²) in [6.45, 7) is 0.815. The van der Waals surface area contributed by atoms with Gasteiger partial charge in [0, 0.05) is 18.3 Å². The Kier molecular flexibility index (Phi) is 2.17. The van der Waals surface area contributed by atoms with E-state index in [1.807, 2.05) is 12.1 Å². The molecule has 0 aromatic heterocycles. The number of nitrogens with one attached hydrogen (secondary N) is 2. The number of hydrogen-bond donors (Lipinski definition) is 2. The molecule has 0 aliphatic carbocycles. The van der Waals surface area contributed by atoms with Crippen molar-refractivity contribution in [3.05, 3.63) is 29.8 Å². The number of anilines is 1. The first-order valence-corrected chi connectivity index (χ1v) is 4.41. The van der Waals surface area contributed by atoms with Crippen LogP contribution in [0.2, 0.25) is 0 Å². The van der Waals surface area contributed by atoms with Crippen molar-refractivity contribution < 1.29 is 4.79 Å². The minimum atomic E-state index is 0.229. The van der Waals surface area contributed by atoms with Gasteiger partial charge in [-0.25, -0.2) is 0 Å². The molecule has 1 aliphatic rings. The minimum absolute atomic E-state index is 0.229. The number of para-hydroxylation sites is 1. The van der Waals surface area contributed by atoms with Gasteiger partial charge in [-0.15, -0.1) is 0 Å². The topological polar surface area (TPSA) is 41.1 Å². The van der Waals surface area contributed by atoms with E-state index >= 15 is 0 Å². The van der Waals surface area contributed by atoms with Gasteiger partial charge in [0.05, 0.1) is 0 Å². The van der Waals surface area contributed by atoms with Gasteiger partial charge in [-0.2, -0.15) is 0 Å². The highest BCUT2D eigenvalue weighted by Crippen LogP contribution is 2.20. The van der Waals surface area contributed by atoms with Crippen LogP contribution < -0.4 is 10.6 Å². The Labute approximate surface area is 77.1 Å². The first kappa shape index (κ1) is 8.10. The highest BCUT2D eigenvalue weighted by atomic mass is 16.1. The van der Waals surface area contributed by atoms with Crippen LogP contribution in [0.15, 0.2) is 24.3 Å². The summed E-state index contributed by atoms with van der Waals surface area (Å²) in [7, 11) is 0.